The van der Waals surface area contributed by atoms with Gasteiger partial charge in [-0.15, -0.1) is 0 Å². The van der Waals surface area contributed by atoms with Crippen LogP contribution in [-0.4, -0.2) is 44.6 Å². The average molecular weight is 342 g/mol. The fourth-order valence-electron chi connectivity index (χ4n) is 1.89. The van der Waals surface area contributed by atoms with Gasteiger partial charge in [0.05, 0.1) is 11.0 Å². The van der Waals surface area contributed by atoms with E-state index in [0.717, 1.165) is 12.1 Å². The third-order valence-electron chi connectivity index (χ3n) is 3.01. The molecule has 0 aliphatic heterocycles. The number of amides is 1. The summed E-state index contributed by atoms with van der Waals surface area (Å²) < 4.78 is 5.02. The second-order valence-corrected chi connectivity index (χ2v) is 6.23. The first-order chi connectivity index (χ1) is 11.0. The van der Waals surface area contributed by atoms with Crippen LogP contribution in [0.5, 0.6) is 5.75 Å². The number of nitro groups is 1. The molecule has 0 saturated carbocycles. The molecule has 1 aromatic rings. The summed E-state index contributed by atoms with van der Waals surface area (Å²) in [6.45, 7) is 5.18. The second-order valence-electron chi connectivity index (χ2n) is 6.23. The van der Waals surface area contributed by atoms with Crippen LogP contribution in [0.25, 0.3) is 0 Å². The number of hydrogen-bond acceptors (Lipinski definition) is 7. The monoisotopic (exact) mass is 342 g/mol. The Labute approximate surface area is 139 Å². The maximum atomic E-state index is 11.5. The Balaban J connectivity index is 2.59. The average Bonchev–Trinajstić information content (AvgIpc) is 2.44. The smallest absolute Gasteiger partial charge is 0.407 e. The molecule has 4 N–H and O–H groups in total. The molecule has 0 aliphatic rings. The summed E-state index contributed by atoms with van der Waals surface area (Å²) in [5.74, 6) is -0.531. The van der Waals surface area contributed by atoms with Crippen molar-refractivity contribution in [3.05, 3.63) is 33.9 Å². The lowest BCUT2D eigenvalue weighted by Gasteiger charge is -2.21. The van der Waals surface area contributed by atoms with E-state index >= 15 is 0 Å². The Kier molecular flexibility index (Phi) is 6.50. The number of aliphatic hydroxyl groups is 2. The standard InChI is InChI=1S/C15H22N2O7/c1-15(2,3)24-14(21)16-7-6-12(19)13(20)9-4-5-11(18)10(8-9)17(22)23/h4-5,8,12-13,18-20H,6-7H2,1-3H3,(H,16,21). The SMILES string of the molecule is CC(C)(C)OC(=O)NCCC(O)C(O)c1ccc(O)c([N+](=O)[O-])c1. The highest BCUT2D eigenvalue weighted by Gasteiger charge is 2.23. The van der Waals surface area contributed by atoms with E-state index in [1.807, 2.05) is 0 Å². The van der Waals surface area contributed by atoms with Crippen LogP contribution in [-0.2, 0) is 4.74 Å². The predicted octanol–water partition coefficient (Wildman–Crippen LogP) is 1.61. The first-order valence-corrected chi connectivity index (χ1v) is 7.31. The molecule has 134 valence electrons. The topological polar surface area (TPSA) is 142 Å². The molecule has 1 amide bonds. The molecule has 2 unspecified atom stereocenters. The van der Waals surface area contributed by atoms with Gasteiger partial charge in [0, 0.05) is 12.6 Å². The zero-order valence-corrected chi connectivity index (χ0v) is 13.7. The number of nitro benzene ring substituents is 1. The number of benzene rings is 1. The molecule has 0 aliphatic carbocycles. The Morgan fingerprint density at radius 1 is 1.38 bits per heavy atom. The molecule has 0 fully saturated rings. The van der Waals surface area contributed by atoms with Gasteiger partial charge < -0.3 is 25.4 Å². The number of carbonyl (C=O) groups excluding carboxylic acids is 1. The van der Waals surface area contributed by atoms with Crippen LogP contribution >= 0.6 is 0 Å². The number of hydrogen-bond donors (Lipinski definition) is 4. The zero-order chi connectivity index (χ0) is 18.5. The Morgan fingerprint density at radius 3 is 2.54 bits per heavy atom. The van der Waals surface area contributed by atoms with Crippen molar-refractivity contribution < 1.29 is 29.8 Å². The van der Waals surface area contributed by atoms with Gasteiger partial charge in [-0.05, 0) is 38.8 Å². The van der Waals surface area contributed by atoms with E-state index in [4.69, 9.17) is 4.74 Å². The van der Waals surface area contributed by atoms with Crippen molar-refractivity contribution in [1.29, 1.82) is 0 Å². The largest absolute Gasteiger partial charge is 0.502 e. The number of rotatable bonds is 6. The van der Waals surface area contributed by atoms with Crippen LogP contribution in [0.1, 0.15) is 38.9 Å². The number of carbonyl (C=O) groups is 1. The summed E-state index contributed by atoms with van der Waals surface area (Å²) >= 11 is 0. The van der Waals surface area contributed by atoms with E-state index in [0.29, 0.717) is 0 Å². The van der Waals surface area contributed by atoms with E-state index in [-0.39, 0.29) is 18.5 Å². The lowest BCUT2D eigenvalue weighted by Crippen LogP contribution is -2.34. The van der Waals surface area contributed by atoms with Gasteiger partial charge in [-0.2, -0.15) is 0 Å². The highest BCUT2D eigenvalue weighted by molar-refractivity contribution is 5.67. The molecule has 9 heteroatoms. The van der Waals surface area contributed by atoms with Crippen molar-refractivity contribution >= 4 is 11.8 Å². The number of alkyl carbamates (subject to hydrolysis) is 1. The van der Waals surface area contributed by atoms with Crippen LogP contribution in [0.4, 0.5) is 10.5 Å². The fourth-order valence-corrected chi connectivity index (χ4v) is 1.89. The van der Waals surface area contributed by atoms with Crippen LogP contribution in [0.3, 0.4) is 0 Å². The quantitative estimate of drug-likeness (QED) is 0.454. The van der Waals surface area contributed by atoms with Crippen LogP contribution in [0.15, 0.2) is 18.2 Å². The summed E-state index contributed by atoms with van der Waals surface area (Å²) in [6, 6.07) is 3.34. The lowest BCUT2D eigenvalue weighted by molar-refractivity contribution is -0.386. The van der Waals surface area contributed by atoms with Crippen molar-refractivity contribution in [2.45, 2.75) is 45.0 Å². The summed E-state index contributed by atoms with van der Waals surface area (Å²) in [6.07, 6.45) is -3.30. The van der Waals surface area contributed by atoms with E-state index < -0.39 is 40.3 Å². The summed E-state index contributed by atoms with van der Waals surface area (Å²) in [5, 5.41) is 42.6. The second kappa shape index (κ2) is 7.93. The van der Waals surface area contributed by atoms with Gasteiger partial charge in [-0.1, -0.05) is 6.07 Å². The summed E-state index contributed by atoms with van der Waals surface area (Å²) in [5.41, 5.74) is -1.12. The van der Waals surface area contributed by atoms with Crippen molar-refractivity contribution in [3.63, 3.8) is 0 Å². The molecule has 0 radical (unpaired) electrons. The highest BCUT2D eigenvalue weighted by Crippen LogP contribution is 2.30. The Bertz CT molecular complexity index is 598. The van der Waals surface area contributed by atoms with Gasteiger partial charge in [-0.3, -0.25) is 10.1 Å². The molecule has 0 bridgehead atoms. The molecular formula is C15H22N2O7. The van der Waals surface area contributed by atoms with Crippen molar-refractivity contribution in [2.24, 2.45) is 0 Å². The minimum Gasteiger partial charge on any atom is -0.502 e. The molecule has 0 aromatic heterocycles. The van der Waals surface area contributed by atoms with Gasteiger partial charge >= 0.3 is 11.8 Å². The summed E-state index contributed by atoms with van der Waals surface area (Å²) in [4.78, 5) is 21.4. The van der Waals surface area contributed by atoms with Crippen LogP contribution in [0.2, 0.25) is 0 Å². The molecule has 24 heavy (non-hydrogen) atoms. The van der Waals surface area contributed by atoms with Crippen LogP contribution in [0, 0.1) is 10.1 Å². The third kappa shape index (κ3) is 6.01. The number of nitrogens with one attached hydrogen (secondary N) is 1. The molecular weight excluding hydrogens is 320 g/mol. The number of ether oxygens (including phenoxy) is 1. The van der Waals surface area contributed by atoms with E-state index in [1.54, 1.807) is 20.8 Å². The molecule has 9 nitrogen and oxygen atoms in total. The molecule has 1 aromatic carbocycles. The lowest BCUT2D eigenvalue weighted by atomic mass is 10.0. The molecule has 0 spiro atoms. The number of phenols is 1. The molecule has 0 heterocycles. The summed E-state index contributed by atoms with van der Waals surface area (Å²) in [7, 11) is 0. The van der Waals surface area contributed by atoms with Gasteiger partial charge in [-0.25, -0.2) is 4.79 Å². The van der Waals surface area contributed by atoms with E-state index in [2.05, 4.69) is 5.32 Å². The first kappa shape index (κ1) is 19.7. The highest BCUT2D eigenvalue weighted by atomic mass is 16.6. The maximum absolute atomic E-state index is 11.5. The maximum Gasteiger partial charge on any atom is 0.407 e. The van der Waals surface area contributed by atoms with Gasteiger partial charge in [0.2, 0.25) is 0 Å². The normalized spacial score (nSPS) is 13.9. The van der Waals surface area contributed by atoms with E-state index in [9.17, 15) is 30.2 Å². The fraction of sp³-hybridized carbons (Fsp3) is 0.533. The van der Waals surface area contributed by atoms with Gasteiger partial charge in [0.25, 0.3) is 0 Å². The number of aromatic hydroxyl groups is 1. The first-order valence-electron chi connectivity index (χ1n) is 7.31. The molecule has 2 atom stereocenters. The minimum atomic E-state index is -1.40. The van der Waals surface area contributed by atoms with Crippen molar-refractivity contribution in [1.82, 2.24) is 5.32 Å². The van der Waals surface area contributed by atoms with Gasteiger partial charge in [0.1, 0.15) is 11.7 Å². The third-order valence-corrected chi connectivity index (χ3v) is 3.01. The molecule has 1 rings (SSSR count). The number of phenolic OH excluding ortho intramolecular Hbond substituents is 1. The van der Waals surface area contributed by atoms with E-state index in [1.165, 1.54) is 6.07 Å². The minimum absolute atomic E-state index is 0.00901. The van der Waals surface area contributed by atoms with Gasteiger partial charge in [0.15, 0.2) is 5.75 Å². The Morgan fingerprint density at radius 2 is 2.00 bits per heavy atom. The molecule has 0 saturated heterocycles. The number of nitrogens with zero attached hydrogens (tertiary/aromatic N) is 1. The number of aliphatic hydroxyl groups excluding tert-OH is 2. The Hall–Kier alpha value is -2.39. The van der Waals surface area contributed by atoms with Crippen molar-refractivity contribution in [3.8, 4) is 5.75 Å². The van der Waals surface area contributed by atoms with Crippen molar-refractivity contribution in [2.75, 3.05) is 6.54 Å². The predicted molar refractivity (Wildman–Crippen MR) is 84.6 cm³/mol. The van der Waals surface area contributed by atoms with Crippen LogP contribution < -0.4 is 5.32 Å². The zero-order valence-electron chi connectivity index (χ0n) is 13.7.